The number of anilines is 1. The summed E-state index contributed by atoms with van der Waals surface area (Å²) in [6, 6.07) is 13.8. The third-order valence-corrected chi connectivity index (χ3v) is 3.56. The smallest absolute Gasteiger partial charge is 0.142 e. The molecule has 0 fully saturated rings. The highest BCUT2D eigenvalue weighted by Crippen LogP contribution is 2.28. The van der Waals surface area contributed by atoms with Gasteiger partial charge in [-0.1, -0.05) is 24.3 Å². The Morgan fingerprint density at radius 3 is 2.57 bits per heavy atom. The van der Waals surface area contributed by atoms with Gasteiger partial charge in [0.25, 0.3) is 0 Å². The first-order chi connectivity index (χ1) is 10.0. The topological polar surface area (TPSA) is 62.3 Å². The molecule has 0 aromatic heterocycles. The van der Waals surface area contributed by atoms with Crippen molar-refractivity contribution in [3.8, 4) is 5.75 Å². The predicted molar refractivity (Wildman–Crippen MR) is 87.3 cm³/mol. The molecule has 3 N–H and O–H groups in total. The molecule has 0 atom stereocenters. The summed E-state index contributed by atoms with van der Waals surface area (Å²) < 4.78 is 5.40. The van der Waals surface area contributed by atoms with Crippen molar-refractivity contribution in [1.29, 1.82) is 5.41 Å². The average Bonchev–Trinajstić information content (AvgIpc) is 2.48. The lowest BCUT2D eigenvalue weighted by Gasteiger charge is -2.22. The Morgan fingerprint density at radius 2 is 1.95 bits per heavy atom. The Labute approximate surface area is 125 Å². The number of hydrogen-bond donors (Lipinski definition) is 2. The summed E-state index contributed by atoms with van der Waals surface area (Å²) in [6.45, 7) is 2.81. The van der Waals surface area contributed by atoms with Crippen LogP contribution in [0.4, 0.5) is 5.69 Å². The van der Waals surface area contributed by atoms with E-state index >= 15 is 0 Å². The van der Waals surface area contributed by atoms with Crippen LogP contribution in [0.15, 0.2) is 42.5 Å². The quantitative estimate of drug-likeness (QED) is 0.655. The summed E-state index contributed by atoms with van der Waals surface area (Å²) in [5, 5.41) is 7.48. The summed E-state index contributed by atoms with van der Waals surface area (Å²) >= 11 is 0. The van der Waals surface area contributed by atoms with Gasteiger partial charge in [-0.15, -0.1) is 0 Å². The second-order valence-corrected chi connectivity index (χ2v) is 5.08. The second-order valence-electron chi connectivity index (χ2n) is 5.08. The van der Waals surface area contributed by atoms with E-state index in [0.717, 1.165) is 29.1 Å². The van der Waals surface area contributed by atoms with Crippen molar-refractivity contribution in [2.24, 2.45) is 5.73 Å². The van der Waals surface area contributed by atoms with Gasteiger partial charge in [-0.05, 0) is 36.2 Å². The van der Waals surface area contributed by atoms with E-state index in [1.54, 1.807) is 7.11 Å². The summed E-state index contributed by atoms with van der Waals surface area (Å²) in [5.41, 5.74) is 9.66. The van der Waals surface area contributed by atoms with Crippen molar-refractivity contribution in [3.63, 3.8) is 0 Å². The zero-order valence-corrected chi connectivity index (χ0v) is 12.7. The molecule has 0 amide bonds. The number of nitrogen functional groups attached to an aromatic ring is 1. The SMILES string of the molecule is COc1ccccc1N(C)Cc1ccc(C(=N)N)cc1C. The molecule has 0 unspecified atom stereocenters. The normalized spacial score (nSPS) is 10.2. The minimum atomic E-state index is 0.0998. The minimum Gasteiger partial charge on any atom is -0.495 e. The largest absolute Gasteiger partial charge is 0.495 e. The molecule has 0 aliphatic heterocycles. The lowest BCUT2D eigenvalue weighted by Crippen LogP contribution is -2.18. The van der Waals surface area contributed by atoms with Gasteiger partial charge in [-0.3, -0.25) is 5.41 Å². The summed E-state index contributed by atoms with van der Waals surface area (Å²) in [4.78, 5) is 2.15. The number of methoxy groups -OCH3 is 1. The van der Waals surface area contributed by atoms with Crippen LogP contribution in [0, 0.1) is 12.3 Å². The molecule has 2 rings (SSSR count). The van der Waals surface area contributed by atoms with E-state index in [4.69, 9.17) is 15.9 Å². The van der Waals surface area contributed by atoms with Crippen LogP contribution in [0.2, 0.25) is 0 Å². The van der Waals surface area contributed by atoms with Crippen LogP contribution in [0.5, 0.6) is 5.75 Å². The third kappa shape index (κ3) is 3.34. The fourth-order valence-corrected chi connectivity index (χ4v) is 2.33. The van der Waals surface area contributed by atoms with E-state index < -0.39 is 0 Å². The summed E-state index contributed by atoms with van der Waals surface area (Å²) in [6.07, 6.45) is 0. The number of nitrogens with two attached hydrogens (primary N) is 1. The molecule has 4 heteroatoms. The van der Waals surface area contributed by atoms with Gasteiger partial charge in [-0.2, -0.15) is 0 Å². The van der Waals surface area contributed by atoms with E-state index in [1.165, 1.54) is 5.56 Å². The maximum Gasteiger partial charge on any atom is 0.142 e. The molecule has 110 valence electrons. The van der Waals surface area contributed by atoms with Crippen LogP contribution in [0.25, 0.3) is 0 Å². The fourth-order valence-electron chi connectivity index (χ4n) is 2.33. The van der Waals surface area contributed by atoms with Crippen molar-refractivity contribution in [2.45, 2.75) is 13.5 Å². The first kappa shape index (κ1) is 14.9. The molecule has 4 nitrogen and oxygen atoms in total. The van der Waals surface area contributed by atoms with Crippen molar-refractivity contribution in [1.82, 2.24) is 0 Å². The molecule has 2 aromatic rings. The number of para-hydroxylation sites is 2. The molecule has 0 spiro atoms. The maximum absolute atomic E-state index is 7.48. The van der Waals surface area contributed by atoms with Gasteiger partial charge in [-0.25, -0.2) is 0 Å². The molecule has 2 aromatic carbocycles. The van der Waals surface area contributed by atoms with Gasteiger partial charge >= 0.3 is 0 Å². The zero-order valence-electron chi connectivity index (χ0n) is 12.7. The molecular weight excluding hydrogens is 262 g/mol. The van der Waals surface area contributed by atoms with Gasteiger partial charge < -0.3 is 15.4 Å². The van der Waals surface area contributed by atoms with Crippen LogP contribution in [-0.4, -0.2) is 20.0 Å². The lowest BCUT2D eigenvalue weighted by molar-refractivity contribution is 0.415. The van der Waals surface area contributed by atoms with Crippen molar-refractivity contribution < 1.29 is 4.74 Å². The number of benzene rings is 2. The molecule has 0 heterocycles. The Kier molecular flexibility index (Phi) is 4.48. The van der Waals surface area contributed by atoms with E-state index in [1.807, 2.05) is 56.4 Å². The summed E-state index contributed by atoms with van der Waals surface area (Å²) in [5.74, 6) is 0.959. The Bertz CT molecular complexity index is 652. The number of amidine groups is 1. The number of rotatable bonds is 5. The van der Waals surface area contributed by atoms with E-state index in [0.29, 0.717) is 0 Å². The summed E-state index contributed by atoms with van der Waals surface area (Å²) in [7, 11) is 3.72. The number of nitrogens with one attached hydrogen (secondary N) is 1. The second kappa shape index (κ2) is 6.31. The number of nitrogens with zero attached hydrogens (tertiary/aromatic N) is 1. The molecular formula is C17H21N3O. The van der Waals surface area contributed by atoms with Crippen LogP contribution in [0.1, 0.15) is 16.7 Å². The van der Waals surface area contributed by atoms with Crippen molar-refractivity contribution in [2.75, 3.05) is 19.1 Å². The number of ether oxygens (including phenoxy) is 1. The fraction of sp³-hybridized carbons (Fsp3) is 0.235. The first-order valence-electron chi connectivity index (χ1n) is 6.81. The molecule has 0 saturated heterocycles. The van der Waals surface area contributed by atoms with E-state index in [2.05, 4.69) is 4.90 Å². The lowest BCUT2D eigenvalue weighted by atomic mass is 10.0. The van der Waals surface area contributed by atoms with Crippen LogP contribution >= 0.6 is 0 Å². The Morgan fingerprint density at radius 1 is 1.24 bits per heavy atom. The Hall–Kier alpha value is -2.49. The zero-order chi connectivity index (χ0) is 15.4. The molecule has 0 bridgehead atoms. The van der Waals surface area contributed by atoms with Crippen molar-refractivity contribution in [3.05, 3.63) is 59.2 Å². The average molecular weight is 283 g/mol. The minimum absolute atomic E-state index is 0.0998. The van der Waals surface area contributed by atoms with Gasteiger partial charge in [0.15, 0.2) is 0 Å². The van der Waals surface area contributed by atoms with E-state index in [9.17, 15) is 0 Å². The number of hydrogen-bond acceptors (Lipinski definition) is 3. The predicted octanol–water partition coefficient (Wildman–Crippen LogP) is 2.92. The van der Waals surface area contributed by atoms with Gasteiger partial charge in [0.2, 0.25) is 0 Å². The van der Waals surface area contributed by atoms with Crippen LogP contribution in [0.3, 0.4) is 0 Å². The van der Waals surface area contributed by atoms with Crippen LogP contribution < -0.4 is 15.4 Å². The number of aryl methyl sites for hydroxylation is 1. The molecule has 0 radical (unpaired) electrons. The maximum atomic E-state index is 7.48. The highest BCUT2D eigenvalue weighted by atomic mass is 16.5. The van der Waals surface area contributed by atoms with Crippen molar-refractivity contribution >= 4 is 11.5 Å². The first-order valence-corrected chi connectivity index (χ1v) is 6.81. The van der Waals surface area contributed by atoms with Gasteiger partial charge in [0.1, 0.15) is 11.6 Å². The van der Waals surface area contributed by atoms with Gasteiger partial charge in [0, 0.05) is 19.2 Å². The molecule has 0 aliphatic carbocycles. The Balaban J connectivity index is 2.23. The highest BCUT2D eigenvalue weighted by molar-refractivity contribution is 5.95. The van der Waals surface area contributed by atoms with Gasteiger partial charge in [0.05, 0.1) is 12.8 Å². The molecule has 0 saturated carbocycles. The van der Waals surface area contributed by atoms with Crippen LogP contribution in [-0.2, 0) is 6.54 Å². The molecule has 0 aliphatic rings. The highest BCUT2D eigenvalue weighted by Gasteiger charge is 2.10. The third-order valence-electron chi connectivity index (χ3n) is 3.56. The standard InChI is InChI=1S/C17H21N3O/c1-12-10-13(17(18)19)8-9-14(12)11-20(2)15-6-4-5-7-16(15)21-3/h4-10H,11H2,1-3H3,(H3,18,19). The van der Waals surface area contributed by atoms with E-state index in [-0.39, 0.29) is 5.84 Å². The molecule has 21 heavy (non-hydrogen) atoms. The monoisotopic (exact) mass is 283 g/mol.